The quantitative estimate of drug-likeness (QED) is 0.428. The molecule has 0 bridgehead atoms. The fourth-order valence-corrected chi connectivity index (χ4v) is 3.01. The van der Waals surface area contributed by atoms with Gasteiger partial charge in [-0.15, -0.1) is 0 Å². The number of nitrogens with zero attached hydrogens (tertiary/aromatic N) is 4. The number of aromatic nitrogens is 3. The SMILES string of the molecule is N#CC(=Cc1cn(-c2ccccc2)nc1-c1ccc(Cl)cc1)c1ccccn1. The van der Waals surface area contributed by atoms with Crippen LogP contribution in [-0.2, 0) is 0 Å². The number of pyridine rings is 1. The molecule has 0 radical (unpaired) electrons. The Kier molecular flexibility index (Phi) is 5.01. The number of rotatable bonds is 4. The highest BCUT2D eigenvalue weighted by molar-refractivity contribution is 6.30. The van der Waals surface area contributed by atoms with Crippen molar-refractivity contribution in [3.05, 3.63) is 101 Å². The van der Waals surface area contributed by atoms with E-state index in [4.69, 9.17) is 16.7 Å². The number of halogens is 1. The molecule has 4 aromatic rings. The van der Waals surface area contributed by atoms with Crippen LogP contribution in [0.5, 0.6) is 0 Å². The minimum Gasteiger partial charge on any atom is -0.256 e. The lowest BCUT2D eigenvalue weighted by Crippen LogP contribution is -1.93. The Morgan fingerprint density at radius 3 is 2.39 bits per heavy atom. The molecule has 0 amide bonds. The molecular formula is C23H15ClN4. The maximum Gasteiger partial charge on any atom is 0.101 e. The van der Waals surface area contributed by atoms with Crippen LogP contribution in [0.2, 0.25) is 5.02 Å². The molecule has 134 valence electrons. The van der Waals surface area contributed by atoms with Crippen molar-refractivity contribution < 1.29 is 0 Å². The van der Waals surface area contributed by atoms with E-state index in [-0.39, 0.29) is 0 Å². The van der Waals surface area contributed by atoms with Gasteiger partial charge in [0.25, 0.3) is 0 Å². The van der Waals surface area contributed by atoms with E-state index in [2.05, 4.69) is 11.1 Å². The number of allylic oxidation sites excluding steroid dienone is 1. The van der Waals surface area contributed by atoms with Crippen LogP contribution in [0, 0.1) is 11.3 Å². The predicted molar refractivity (Wildman–Crippen MR) is 112 cm³/mol. The first-order valence-electron chi connectivity index (χ1n) is 8.69. The van der Waals surface area contributed by atoms with Gasteiger partial charge in [-0.25, -0.2) is 4.68 Å². The summed E-state index contributed by atoms with van der Waals surface area (Å²) in [5.41, 5.74) is 4.55. The summed E-state index contributed by atoms with van der Waals surface area (Å²) in [4.78, 5) is 4.29. The minimum atomic E-state index is 0.475. The van der Waals surface area contributed by atoms with Crippen molar-refractivity contribution in [1.82, 2.24) is 14.8 Å². The monoisotopic (exact) mass is 382 g/mol. The third-order valence-corrected chi connectivity index (χ3v) is 4.49. The van der Waals surface area contributed by atoms with E-state index < -0.39 is 0 Å². The van der Waals surface area contributed by atoms with Crippen LogP contribution in [0.25, 0.3) is 28.6 Å². The zero-order valence-corrected chi connectivity index (χ0v) is 15.6. The highest BCUT2D eigenvalue weighted by atomic mass is 35.5. The first-order chi connectivity index (χ1) is 13.7. The Bertz CT molecular complexity index is 1150. The predicted octanol–water partition coefficient (Wildman–Crippen LogP) is 5.65. The third-order valence-electron chi connectivity index (χ3n) is 4.24. The Balaban J connectivity index is 1.87. The van der Waals surface area contributed by atoms with Crippen molar-refractivity contribution in [2.45, 2.75) is 0 Å². The number of hydrogen-bond donors (Lipinski definition) is 0. The summed E-state index contributed by atoms with van der Waals surface area (Å²) in [7, 11) is 0. The van der Waals surface area contributed by atoms with Crippen LogP contribution < -0.4 is 0 Å². The highest BCUT2D eigenvalue weighted by Crippen LogP contribution is 2.28. The Hall–Kier alpha value is -3.68. The summed E-state index contributed by atoms with van der Waals surface area (Å²) in [6.07, 6.45) is 5.41. The summed E-state index contributed by atoms with van der Waals surface area (Å²) < 4.78 is 1.81. The first-order valence-corrected chi connectivity index (χ1v) is 9.06. The van der Waals surface area contributed by atoms with E-state index in [1.54, 1.807) is 6.20 Å². The molecule has 0 saturated carbocycles. The lowest BCUT2D eigenvalue weighted by atomic mass is 10.0. The molecule has 0 aliphatic rings. The van der Waals surface area contributed by atoms with Gasteiger partial charge >= 0.3 is 0 Å². The van der Waals surface area contributed by atoms with E-state index in [1.165, 1.54) is 0 Å². The lowest BCUT2D eigenvalue weighted by molar-refractivity contribution is 0.884. The molecule has 0 aliphatic carbocycles. The largest absolute Gasteiger partial charge is 0.256 e. The maximum absolute atomic E-state index is 9.66. The second-order valence-electron chi connectivity index (χ2n) is 6.10. The maximum atomic E-state index is 9.66. The molecule has 0 aliphatic heterocycles. The molecule has 5 heteroatoms. The Morgan fingerprint density at radius 1 is 0.964 bits per heavy atom. The lowest BCUT2D eigenvalue weighted by Gasteiger charge is -2.01. The van der Waals surface area contributed by atoms with E-state index in [0.29, 0.717) is 16.3 Å². The second kappa shape index (κ2) is 7.91. The van der Waals surface area contributed by atoms with E-state index in [9.17, 15) is 5.26 Å². The van der Waals surface area contributed by atoms with Crippen molar-refractivity contribution in [2.24, 2.45) is 0 Å². The molecule has 0 N–H and O–H groups in total. The minimum absolute atomic E-state index is 0.475. The Labute approximate surface area is 168 Å². The van der Waals surface area contributed by atoms with Crippen molar-refractivity contribution in [3.8, 4) is 23.0 Å². The number of hydrogen-bond acceptors (Lipinski definition) is 3. The van der Waals surface area contributed by atoms with Gasteiger partial charge in [-0.05, 0) is 42.5 Å². The number of nitriles is 1. The average Bonchev–Trinajstić information content (AvgIpc) is 3.18. The molecule has 4 rings (SSSR count). The van der Waals surface area contributed by atoms with Gasteiger partial charge in [-0.2, -0.15) is 10.4 Å². The van der Waals surface area contributed by atoms with Gasteiger partial charge in [0.05, 0.1) is 22.6 Å². The molecule has 28 heavy (non-hydrogen) atoms. The highest BCUT2D eigenvalue weighted by Gasteiger charge is 2.13. The van der Waals surface area contributed by atoms with Gasteiger partial charge in [0.2, 0.25) is 0 Å². The van der Waals surface area contributed by atoms with Crippen LogP contribution in [-0.4, -0.2) is 14.8 Å². The zero-order chi connectivity index (χ0) is 19.3. The normalized spacial score (nSPS) is 11.2. The molecule has 2 heterocycles. The van der Waals surface area contributed by atoms with Crippen LogP contribution in [0.4, 0.5) is 0 Å². The summed E-state index contributed by atoms with van der Waals surface area (Å²) >= 11 is 6.04. The van der Waals surface area contributed by atoms with Crippen molar-refractivity contribution in [2.75, 3.05) is 0 Å². The molecule has 0 atom stereocenters. The van der Waals surface area contributed by atoms with Crippen molar-refractivity contribution in [3.63, 3.8) is 0 Å². The van der Waals surface area contributed by atoms with Gasteiger partial charge in [-0.3, -0.25) is 4.98 Å². The molecule has 0 saturated heterocycles. The van der Waals surface area contributed by atoms with Gasteiger partial charge in [0.15, 0.2) is 0 Å². The molecule has 2 aromatic heterocycles. The average molecular weight is 383 g/mol. The van der Waals surface area contributed by atoms with E-state index >= 15 is 0 Å². The standard InChI is InChI=1S/C23H15ClN4/c24-20-11-9-17(10-12-20)23-19(14-18(15-25)22-8-4-5-13-26-22)16-28(27-23)21-6-2-1-3-7-21/h1-14,16H. The third kappa shape index (κ3) is 3.71. The van der Waals surface area contributed by atoms with Gasteiger partial charge < -0.3 is 0 Å². The van der Waals surface area contributed by atoms with Gasteiger partial charge in [0, 0.05) is 28.5 Å². The van der Waals surface area contributed by atoms with Gasteiger partial charge in [0.1, 0.15) is 6.07 Å². The summed E-state index contributed by atoms with van der Waals surface area (Å²) in [5.74, 6) is 0. The molecule has 0 unspecified atom stereocenters. The topological polar surface area (TPSA) is 54.5 Å². The van der Waals surface area contributed by atoms with Crippen LogP contribution in [0.3, 0.4) is 0 Å². The molecular weight excluding hydrogens is 368 g/mol. The fraction of sp³-hybridized carbons (Fsp3) is 0. The molecule has 0 fully saturated rings. The molecule has 4 nitrogen and oxygen atoms in total. The summed E-state index contributed by atoms with van der Waals surface area (Å²) in [6, 6.07) is 25.1. The van der Waals surface area contributed by atoms with E-state index in [1.807, 2.05) is 89.8 Å². The van der Waals surface area contributed by atoms with Crippen molar-refractivity contribution in [1.29, 1.82) is 5.26 Å². The van der Waals surface area contributed by atoms with Crippen molar-refractivity contribution >= 4 is 23.3 Å². The van der Waals surface area contributed by atoms with Crippen LogP contribution in [0.1, 0.15) is 11.3 Å². The molecule has 0 spiro atoms. The summed E-state index contributed by atoms with van der Waals surface area (Å²) in [5, 5.41) is 15.1. The van der Waals surface area contributed by atoms with Crippen LogP contribution in [0.15, 0.2) is 85.2 Å². The fourth-order valence-electron chi connectivity index (χ4n) is 2.88. The van der Waals surface area contributed by atoms with E-state index in [0.717, 1.165) is 22.5 Å². The number of benzene rings is 2. The summed E-state index contributed by atoms with van der Waals surface area (Å²) in [6.45, 7) is 0. The van der Waals surface area contributed by atoms with Gasteiger partial charge in [-0.1, -0.05) is 48.0 Å². The first kappa shape index (κ1) is 17.7. The zero-order valence-electron chi connectivity index (χ0n) is 14.8. The number of para-hydroxylation sites is 1. The second-order valence-corrected chi connectivity index (χ2v) is 6.54. The van der Waals surface area contributed by atoms with Crippen LogP contribution >= 0.6 is 11.6 Å². The Morgan fingerprint density at radius 2 is 1.71 bits per heavy atom. The molecule has 2 aromatic carbocycles. The smallest absolute Gasteiger partial charge is 0.101 e.